The van der Waals surface area contributed by atoms with E-state index >= 15 is 0 Å². The van der Waals surface area contributed by atoms with Gasteiger partial charge in [0.25, 0.3) is 0 Å². The summed E-state index contributed by atoms with van der Waals surface area (Å²) >= 11 is 0. The Balaban J connectivity index is 1.94. The van der Waals surface area contributed by atoms with Crippen molar-refractivity contribution in [1.29, 1.82) is 0 Å². The number of carbonyl (C=O) groups is 1. The molecule has 0 saturated heterocycles. The summed E-state index contributed by atoms with van der Waals surface area (Å²) in [5, 5.41) is 8.90. The Morgan fingerprint density at radius 1 is 1.00 bits per heavy atom. The molecule has 11 heteroatoms. The lowest BCUT2D eigenvalue weighted by atomic mass is 10.0. The minimum absolute atomic E-state index is 0.106. The van der Waals surface area contributed by atoms with E-state index in [1.54, 1.807) is 0 Å². The number of carboxylic acids is 1. The first-order valence-electron chi connectivity index (χ1n) is 9.75. The zero-order chi connectivity index (χ0) is 25.1. The van der Waals surface area contributed by atoms with Crippen LogP contribution in [0.3, 0.4) is 0 Å². The van der Waals surface area contributed by atoms with E-state index < -0.39 is 40.2 Å². The first-order valence-corrected chi connectivity index (χ1v) is 11.2. The van der Waals surface area contributed by atoms with Crippen LogP contribution in [0, 0.1) is 5.82 Å². The molecular weight excluding hydrogens is 478 g/mol. The summed E-state index contributed by atoms with van der Waals surface area (Å²) in [6.07, 6.45) is -4.53. The molecule has 0 spiro atoms. The summed E-state index contributed by atoms with van der Waals surface area (Å²) in [7, 11) is -2.63. The van der Waals surface area contributed by atoms with E-state index in [0.29, 0.717) is 16.7 Å². The van der Waals surface area contributed by atoms with Gasteiger partial charge in [-0.3, -0.25) is 0 Å². The molecule has 1 N–H and O–H groups in total. The average Bonchev–Trinajstić information content (AvgIpc) is 2.78. The Hall–Kier alpha value is -3.44. The summed E-state index contributed by atoms with van der Waals surface area (Å²) in [6.45, 7) is -0.793. The van der Waals surface area contributed by atoms with Gasteiger partial charge in [0, 0.05) is 19.2 Å². The highest BCUT2D eigenvalue weighted by molar-refractivity contribution is 7.89. The topological polar surface area (TPSA) is 83.9 Å². The number of ether oxygens (including phenoxy) is 1. The van der Waals surface area contributed by atoms with Crippen molar-refractivity contribution >= 4 is 16.0 Å². The molecule has 3 aromatic carbocycles. The van der Waals surface area contributed by atoms with Crippen molar-refractivity contribution in [1.82, 2.24) is 4.31 Å². The maximum Gasteiger partial charge on any atom is 0.416 e. The normalized spacial score (nSPS) is 12.1. The molecule has 0 atom stereocenters. The molecule has 0 aliphatic carbocycles. The fraction of sp³-hybridized carbons (Fsp3) is 0.174. The number of sulfonamides is 1. The van der Waals surface area contributed by atoms with Crippen LogP contribution in [0.15, 0.2) is 71.6 Å². The van der Waals surface area contributed by atoms with Crippen LogP contribution < -0.4 is 4.74 Å². The number of benzene rings is 3. The highest BCUT2D eigenvalue weighted by atomic mass is 32.2. The van der Waals surface area contributed by atoms with Crippen molar-refractivity contribution in [3.8, 4) is 16.9 Å². The number of hydrogen-bond donors (Lipinski definition) is 1. The Morgan fingerprint density at radius 3 is 2.18 bits per heavy atom. The third-order valence-corrected chi connectivity index (χ3v) is 6.66. The second-order valence-corrected chi connectivity index (χ2v) is 9.35. The Labute approximate surface area is 193 Å². The molecule has 0 amide bonds. The average molecular weight is 497 g/mol. The molecule has 3 aromatic rings. The largest absolute Gasteiger partial charge is 0.481 e. The zero-order valence-corrected chi connectivity index (χ0v) is 18.5. The van der Waals surface area contributed by atoms with Gasteiger partial charge < -0.3 is 9.84 Å². The summed E-state index contributed by atoms with van der Waals surface area (Å²) in [4.78, 5) is 10.8. The van der Waals surface area contributed by atoms with Crippen LogP contribution in [-0.4, -0.2) is 37.5 Å². The van der Waals surface area contributed by atoms with E-state index in [1.165, 1.54) is 37.4 Å². The SMILES string of the molecule is CN(Cc1ccc(OCC(=O)O)c(-c2ccc(C(F)(F)F)cc2)c1)S(=O)(=O)c1ccc(F)cc1. The smallest absolute Gasteiger partial charge is 0.416 e. The van der Waals surface area contributed by atoms with E-state index in [0.717, 1.165) is 40.7 Å². The number of halogens is 4. The third-order valence-electron chi connectivity index (χ3n) is 4.85. The number of rotatable bonds is 8. The van der Waals surface area contributed by atoms with Crippen LogP contribution in [0.4, 0.5) is 17.6 Å². The predicted octanol–water partition coefficient (Wildman–Crippen LogP) is 4.80. The number of carboxylic acid groups (broad SMARTS) is 1. The highest BCUT2D eigenvalue weighted by Gasteiger charge is 2.30. The summed E-state index contributed by atoms with van der Waals surface area (Å²) in [5.41, 5.74) is 0.218. The predicted molar refractivity (Wildman–Crippen MR) is 115 cm³/mol. The minimum atomic E-state index is -4.53. The van der Waals surface area contributed by atoms with Crippen LogP contribution >= 0.6 is 0 Å². The van der Waals surface area contributed by atoms with Crippen LogP contribution in [-0.2, 0) is 27.5 Å². The summed E-state index contributed by atoms with van der Waals surface area (Å²) in [5.74, 6) is -1.72. The molecule has 6 nitrogen and oxygen atoms in total. The quantitative estimate of drug-likeness (QED) is 0.453. The van der Waals surface area contributed by atoms with Crippen molar-refractivity contribution < 1.29 is 40.6 Å². The molecule has 0 saturated carbocycles. The van der Waals surface area contributed by atoms with E-state index in [9.17, 15) is 30.8 Å². The van der Waals surface area contributed by atoms with Crippen LogP contribution in [0.5, 0.6) is 5.75 Å². The molecule has 0 bridgehead atoms. The highest BCUT2D eigenvalue weighted by Crippen LogP contribution is 2.35. The van der Waals surface area contributed by atoms with Gasteiger partial charge in [-0.15, -0.1) is 0 Å². The van der Waals surface area contributed by atoms with Crippen molar-refractivity contribution in [2.24, 2.45) is 0 Å². The maximum atomic E-state index is 13.1. The fourth-order valence-electron chi connectivity index (χ4n) is 3.13. The molecule has 34 heavy (non-hydrogen) atoms. The van der Waals surface area contributed by atoms with Gasteiger partial charge in [-0.2, -0.15) is 17.5 Å². The maximum absolute atomic E-state index is 13.1. The Bertz CT molecular complexity index is 1270. The molecule has 0 fully saturated rings. The van der Waals surface area contributed by atoms with Gasteiger partial charge in [0.05, 0.1) is 10.5 Å². The van der Waals surface area contributed by atoms with Crippen LogP contribution in [0.1, 0.15) is 11.1 Å². The molecule has 0 aliphatic rings. The van der Waals surface area contributed by atoms with Gasteiger partial charge in [-0.25, -0.2) is 17.6 Å². The number of hydrogen-bond acceptors (Lipinski definition) is 4. The lowest BCUT2D eigenvalue weighted by Crippen LogP contribution is -2.26. The van der Waals surface area contributed by atoms with Crippen molar-refractivity contribution in [3.63, 3.8) is 0 Å². The Kier molecular flexibility index (Phi) is 7.27. The lowest BCUT2D eigenvalue weighted by molar-refractivity contribution is -0.139. The van der Waals surface area contributed by atoms with Gasteiger partial charge in [-0.05, 0) is 59.7 Å². The van der Waals surface area contributed by atoms with Crippen molar-refractivity contribution in [2.75, 3.05) is 13.7 Å². The molecule has 0 aliphatic heterocycles. The molecular formula is C23H19F4NO5S. The van der Waals surface area contributed by atoms with Crippen molar-refractivity contribution in [3.05, 3.63) is 83.7 Å². The van der Waals surface area contributed by atoms with Gasteiger partial charge in [0.15, 0.2) is 6.61 Å². The van der Waals surface area contributed by atoms with E-state index in [4.69, 9.17) is 9.84 Å². The first kappa shape index (κ1) is 25.2. The lowest BCUT2D eigenvalue weighted by Gasteiger charge is -2.19. The zero-order valence-electron chi connectivity index (χ0n) is 17.7. The Morgan fingerprint density at radius 2 is 1.62 bits per heavy atom. The molecule has 0 heterocycles. The van der Waals surface area contributed by atoms with Crippen molar-refractivity contribution in [2.45, 2.75) is 17.6 Å². The molecule has 0 unspecified atom stereocenters. The monoisotopic (exact) mass is 497 g/mol. The number of alkyl halides is 3. The summed E-state index contributed by atoms with van der Waals surface area (Å²) in [6, 6.07) is 13.0. The van der Waals surface area contributed by atoms with Crippen LogP contribution in [0.25, 0.3) is 11.1 Å². The first-order chi connectivity index (χ1) is 15.9. The number of nitrogens with zero attached hydrogens (tertiary/aromatic N) is 1. The van der Waals surface area contributed by atoms with Gasteiger partial charge >= 0.3 is 12.1 Å². The minimum Gasteiger partial charge on any atom is -0.481 e. The number of aliphatic carboxylic acids is 1. The van der Waals surface area contributed by atoms with E-state index in [-0.39, 0.29) is 17.2 Å². The third kappa shape index (κ3) is 5.91. The molecule has 0 radical (unpaired) electrons. The van der Waals surface area contributed by atoms with E-state index in [1.807, 2.05) is 0 Å². The van der Waals surface area contributed by atoms with Gasteiger partial charge in [0.1, 0.15) is 11.6 Å². The standard InChI is InChI=1S/C23H19F4NO5S/c1-28(34(31,32)19-9-7-18(24)8-10-19)13-15-2-11-21(33-14-22(29)30)20(12-15)16-3-5-17(6-4-16)23(25,26)27/h2-12H,13-14H2,1H3,(H,29,30). The van der Waals surface area contributed by atoms with E-state index in [2.05, 4.69) is 0 Å². The van der Waals surface area contributed by atoms with Gasteiger partial charge in [-0.1, -0.05) is 18.2 Å². The molecule has 0 aromatic heterocycles. The fourth-order valence-corrected chi connectivity index (χ4v) is 4.29. The molecule has 3 rings (SSSR count). The molecule has 180 valence electrons. The second-order valence-electron chi connectivity index (χ2n) is 7.30. The van der Waals surface area contributed by atoms with Gasteiger partial charge in [0.2, 0.25) is 10.0 Å². The van der Waals surface area contributed by atoms with Crippen LogP contribution in [0.2, 0.25) is 0 Å². The summed E-state index contributed by atoms with van der Waals surface area (Å²) < 4.78 is 83.8. The second kappa shape index (κ2) is 9.82.